The highest BCUT2D eigenvalue weighted by atomic mass is 35.5. The van der Waals surface area contributed by atoms with Crippen LogP contribution >= 0.6 is 11.6 Å². The lowest BCUT2D eigenvalue weighted by atomic mass is 10.0. The van der Waals surface area contributed by atoms with Crippen molar-refractivity contribution in [2.75, 3.05) is 23.5 Å². The van der Waals surface area contributed by atoms with Gasteiger partial charge in [-0.2, -0.15) is 12.7 Å². The van der Waals surface area contributed by atoms with Crippen LogP contribution in [0.5, 0.6) is 0 Å². The molecular formula is C12H18ClN3O2S. The molecule has 0 aromatic heterocycles. The fraction of sp³-hybridized carbons (Fsp3) is 0.500. The van der Waals surface area contributed by atoms with E-state index in [-0.39, 0.29) is 5.69 Å². The Morgan fingerprint density at radius 2 is 2.21 bits per heavy atom. The van der Waals surface area contributed by atoms with E-state index >= 15 is 0 Å². The van der Waals surface area contributed by atoms with Gasteiger partial charge < -0.3 is 5.73 Å². The number of nitrogens with zero attached hydrogens (tertiary/aromatic N) is 1. The summed E-state index contributed by atoms with van der Waals surface area (Å²) in [6, 6.07) is 4.90. The van der Waals surface area contributed by atoms with Crippen LogP contribution in [0.15, 0.2) is 18.2 Å². The zero-order valence-electron chi connectivity index (χ0n) is 10.8. The lowest BCUT2D eigenvalue weighted by Gasteiger charge is -2.30. The van der Waals surface area contributed by atoms with Crippen molar-refractivity contribution in [2.24, 2.45) is 5.92 Å². The molecule has 1 aromatic carbocycles. The molecule has 0 saturated carbocycles. The van der Waals surface area contributed by atoms with E-state index in [4.69, 9.17) is 17.3 Å². The van der Waals surface area contributed by atoms with Crippen molar-refractivity contribution in [1.82, 2.24) is 4.31 Å². The summed E-state index contributed by atoms with van der Waals surface area (Å²) in [6.07, 6.45) is 1.93. The molecule has 1 aromatic rings. The van der Waals surface area contributed by atoms with Crippen LogP contribution in [0.25, 0.3) is 0 Å². The highest BCUT2D eigenvalue weighted by Gasteiger charge is 2.27. The first kappa shape index (κ1) is 14.4. The predicted octanol–water partition coefficient (Wildman–Crippen LogP) is 2.31. The summed E-state index contributed by atoms with van der Waals surface area (Å²) in [5.74, 6) is 0.369. The molecule has 1 heterocycles. The molecule has 0 spiro atoms. The van der Waals surface area contributed by atoms with E-state index in [0.717, 1.165) is 12.8 Å². The molecule has 7 heteroatoms. The average Bonchev–Trinajstić information content (AvgIpc) is 2.34. The SMILES string of the molecule is CC1CCCN(S(=O)(=O)Nc2c(N)cccc2Cl)C1. The molecule has 1 aliphatic heterocycles. The van der Waals surface area contributed by atoms with E-state index in [9.17, 15) is 8.42 Å². The van der Waals surface area contributed by atoms with Crippen molar-refractivity contribution in [3.05, 3.63) is 23.2 Å². The van der Waals surface area contributed by atoms with Crippen LogP contribution in [0.2, 0.25) is 5.02 Å². The second kappa shape index (κ2) is 5.56. The summed E-state index contributed by atoms with van der Waals surface area (Å²) in [5.41, 5.74) is 6.33. The van der Waals surface area contributed by atoms with Gasteiger partial charge >= 0.3 is 10.2 Å². The van der Waals surface area contributed by atoms with Crippen molar-refractivity contribution in [1.29, 1.82) is 0 Å². The molecule has 1 aliphatic rings. The highest BCUT2D eigenvalue weighted by molar-refractivity contribution is 7.90. The Bertz CT molecular complexity index is 542. The molecule has 0 bridgehead atoms. The molecular weight excluding hydrogens is 286 g/mol. The standard InChI is InChI=1S/C12H18ClN3O2S/c1-9-4-3-7-16(8-9)19(17,18)15-12-10(13)5-2-6-11(12)14/h2,5-6,9,15H,3-4,7-8,14H2,1H3. The minimum absolute atomic E-state index is 0.252. The number of rotatable bonds is 3. The van der Waals surface area contributed by atoms with Crippen molar-refractivity contribution in [3.63, 3.8) is 0 Å². The Hall–Kier alpha value is -0.980. The average molecular weight is 304 g/mol. The molecule has 106 valence electrons. The topological polar surface area (TPSA) is 75.4 Å². The van der Waals surface area contributed by atoms with Gasteiger partial charge in [0.2, 0.25) is 0 Å². The van der Waals surface area contributed by atoms with Gasteiger partial charge in [-0.15, -0.1) is 0 Å². The van der Waals surface area contributed by atoms with Gasteiger partial charge in [-0.1, -0.05) is 24.6 Å². The third-order valence-corrected chi connectivity index (χ3v) is 5.03. The summed E-state index contributed by atoms with van der Waals surface area (Å²) in [6.45, 7) is 3.11. The van der Waals surface area contributed by atoms with E-state index in [2.05, 4.69) is 4.72 Å². The maximum absolute atomic E-state index is 12.3. The number of hydrogen-bond donors (Lipinski definition) is 2. The highest BCUT2D eigenvalue weighted by Crippen LogP contribution is 2.30. The number of hydrogen-bond acceptors (Lipinski definition) is 3. The quantitative estimate of drug-likeness (QED) is 0.841. The Morgan fingerprint density at radius 3 is 2.84 bits per heavy atom. The van der Waals surface area contributed by atoms with E-state index in [1.54, 1.807) is 18.2 Å². The largest absolute Gasteiger partial charge is 0.397 e. The number of nitrogens with two attached hydrogens (primary N) is 1. The van der Waals surface area contributed by atoms with Crippen molar-refractivity contribution in [2.45, 2.75) is 19.8 Å². The zero-order chi connectivity index (χ0) is 14.0. The number of nitrogen functional groups attached to an aromatic ring is 1. The molecule has 3 N–H and O–H groups in total. The monoisotopic (exact) mass is 303 g/mol. The van der Waals surface area contributed by atoms with E-state index in [1.807, 2.05) is 6.92 Å². The van der Waals surface area contributed by atoms with Crippen LogP contribution in [-0.4, -0.2) is 25.8 Å². The Kier molecular flexibility index (Phi) is 4.23. The third-order valence-electron chi connectivity index (χ3n) is 3.24. The Morgan fingerprint density at radius 1 is 1.47 bits per heavy atom. The molecule has 1 unspecified atom stereocenters. The van der Waals surface area contributed by atoms with Gasteiger partial charge in [-0.25, -0.2) is 0 Å². The molecule has 2 rings (SSSR count). The lowest BCUT2D eigenvalue weighted by Crippen LogP contribution is -2.42. The van der Waals surface area contributed by atoms with Crippen LogP contribution in [0.4, 0.5) is 11.4 Å². The van der Waals surface area contributed by atoms with Crippen LogP contribution in [0.1, 0.15) is 19.8 Å². The van der Waals surface area contributed by atoms with Crippen molar-refractivity contribution < 1.29 is 8.42 Å². The molecule has 1 atom stereocenters. The van der Waals surface area contributed by atoms with Gasteiger partial charge in [0.05, 0.1) is 16.4 Å². The molecule has 1 fully saturated rings. The number of nitrogens with one attached hydrogen (secondary N) is 1. The molecule has 19 heavy (non-hydrogen) atoms. The first-order chi connectivity index (χ1) is 8.90. The number of benzene rings is 1. The smallest absolute Gasteiger partial charge is 0.301 e. The van der Waals surface area contributed by atoms with Gasteiger partial charge in [-0.3, -0.25) is 4.72 Å². The van der Waals surface area contributed by atoms with Crippen LogP contribution < -0.4 is 10.5 Å². The molecule has 0 radical (unpaired) electrons. The summed E-state index contributed by atoms with van der Waals surface area (Å²) in [5, 5.41) is 0.300. The first-order valence-electron chi connectivity index (χ1n) is 6.22. The summed E-state index contributed by atoms with van der Waals surface area (Å²) in [4.78, 5) is 0. The Labute approximate surface area is 118 Å². The molecule has 1 saturated heterocycles. The van der Waals surface area contributed by atoms with Crippen molar-refractivity contribution >= 4 is 33.2 Å². The number of halogens is 1. The van der Waals surface area contributed by atoms with E-state index in [0.29, 0.717) is 29.7 Å². The van der Waals surface area contributed by atoms with E-state index < -0.39 is 10.2 Å². The predicted molar refractivity (Wildman–Crippen MR) is 78.4 cm³/mol. The lowest BCUT2D eigenvalue weighted by molar-refractivity contribution is 0.282. The van der Waals surface area contributed by atoms with Gasteiger partial charge in [-0.05, 0) is 30.9 Å². The van der Waals surface area contributed by atoms with Crippen LogP contribution in [0, 0.1) is 5.92 Å². The molecule has 0 amide bonds. The summed E-state index contributed by atoms with van der Waals surface area (Å²) >= 11 is 5.98. The number of piperidine rings is 1. The maximum Gasteiger partial charge on any atom is 0.301 e. The number of anilines is 2. The van der Waals surface area contributed by atoms with Crippen molar-refractivity contribution in [3.8, 4) is 0 Å². The zero-order valence-corrected chi connectivity index (χ0v) is 12.3. The molecule has 0 aliphatic carbocycles. The van der Waals surface area contributed by atoms with Gasteiger partial charge in [0, 0.05) is 13.1 Å². The normalized spacial score (nSPS) is 21.3. The first-order valence-corrected chi connectivity index (χ1v) is 8.04. The molecule has 5 nitrogen and oxygen atoms in total. The summed E-state index contributed by atoms with van der Waals surface area (Å²) < 4.78 is 28.5. The van der Waals surface area contributed by atoms with E-state index in [1.165, 1.54) is 4.31 Å². The summed E-state index contributed by atoms with van der Waals surface area (Å²) in [7, 11) is -3.60. The second-order valence-corrected chi connectivity index (χ2v) is 6.99. The second-order valence-electron chi connectivity index (χ2n) is 4.92. The van der Waals surface area contributed by atoms with Gasteiger partial charge in [0.1, 0.15) is 0 Å². The van der Waals surface area contributed by atoms with Crippen LogP contribution in [0.3, 0.4) is 0 Å². The van der Waals surface area contributed by atoms with Gasteiger partial charge in [0.15, 0.2) is 0 Å². The third kappa shape index (κ3) is 3.32. The van der Waals surface area contributed by atoms with Gasteiger partial charge in [0.25, 0.3) is 0 Å². The fourth-order valence-corrected chi connectivity index (χ4v) is 3.93. The maximum atomic E-state index is 12.3. The Balaban J connectivity index is 2.21. The van der Waals surface area contributed by atoms with Crippen LogP contribution in [-0.2, 0) is 10.2 Å². The minimum Gasteiger partial charge on any atom is -0.397 e. The fourth-order valence-electron chi connectivity index (χ4n) is 2.21. The number of para-hydroxylation sites is 1. The minimum atomic E-state index is -3.60.